The molecule has 2 saturated carbocycles. The van der Waals surface area contributed by atoms with Crippen molar-refractivity contribution in [2.24, 2.45) is 17.3 Å². The second kappa shape index (κ2) is 12.1. The van der Waals surface area contributed by atoms with E-state index in [4.69, 9.17) is 10.1 Å². The number of allylic oxidation sites excluding steroid dienone is 1. The van der Waals surface area contributed by atoms with Crippen LogP contribution in [0.3, 0.4) is 0 Å². The summed E-state index contributed by atoms with van der Waals surface area (Å²) in [6.45, 7) is 14.0. The average Bonchev–Trinajstić information content (AvgIpc) is 3.68. The van der Waals surface area contributed by atoms with E-state index in [0.717, 1.165) is 51.2 Å². The average molecular weight is 595 g/mol. The van der Waals surface area contributed by atoms with E-state index in [-0.39, 0.29) is 5.91 Å². The molecule has 3 heterocycles. The number of carbonyl (C=O) groups excluding carboxylic acids is 1. The van der Waals surface area contributed by atoms with Gasteiger partial charge in [-0.2, -0.15) is 5.10 Å². The van der Waals surface area contributed by atoms with Crippen LogP contribution in [0.5, 0.6) is 0 Å². The second-order valence-corrected chi connectivity index (χ2v) is 13.6. The lowest BCUT2D eigenvalue weighted by molar-refractivity contribution is -0.112. The third-order valence-corrected chi connectivity index (χ3v) is 10.7. The third-order valence-electron chi connectivity index (χ3n) is 9.72. The highest BCUT2D eigenvalue weighted by atomic mass is 32.1. The zero-order valence-electron chi connectivity index (χ0n) is 25.7. The summed E-state index contributed by atoms with van der Waals surface area (Å²) in [5, 5.41) is 11.7. The number of nitrogens with one attached hydrogen (secondary N) is 2. The smallest absolute Gasteiger partial charge is 0.257 e. The number of nitrogens with zero attached hydrogens (tertiary/aromatic N) is 4. The van der Waals surface area contributed by atoms with Crippen LogP contribution in [0, 0.1) is 31.1 Å². The Morgan fingerprint density at radius 2 is 1.88 bits per heavy atom. The maximum Gasteiger partial charge on any atom is 0.257 e. The van der Waals surface area contributed by atoms with Gasteiger partial charge in [-0.1, -0.05) is 55.9 Å². The lowest BCUT2D eigenvalue weighted by atomic mass is 9.67. The number of benzene rings is 1. The molecule has 43 heavy (non-hydrogen) atoms. The second-order valence-electron chi connectivity index (χ2n) is 12.5. The van der Waals surface area contributed by atoms with E-state index in [0.29, 0.717) is 28.2 Å². The summed E-state index contributed by atoms with van der Waals surface area (Å²) in [6.07, 6.45) is 12.0. The summed E-state index contributed by atoms with van der Waals surface area (Å²) in [5.41, 5.74) is 6.86. The van der Waals surface area contributed by atoms with Crippen molar-refractivity contribution in [1.82, 2.24) is 19.7 Å². The van der Waals surface area contributed by atoms with E-state index in [1.165, 1.54) is 55.6 Å². The molecule has 2 aliphatic rings. The largest absolute Gasteiger partial charge is 0.366 e. The number of thiazole rings is 1. The molecule has 2 N–H and O–H groups in total. The molecule has 0 saturated heterocycles. The number of amides is 1. The van der Waals surface area contributed by atoms with E-state index < -0.39 is 0 Å². The van der Waals surface area contributed by atoms with Crippen molar-refractivity contribution < 1.29 is 4.79 Å². The molecule has 6 rings (SSSR count). The van der Waals surface area contributed by atoms with Crippen molar-refractivity contribution in [1.29, 1.82) is 0 Å². The molecule has 3 aromatic heterocycles. The quantitative estimate of drug-likeness (QED) is 0.142. The SMILES string of the molecule is C=C(CNc1ccc(-c2cnn(CC3(CC)CC4CCC(C4)C3)c2C)c(C)n1)/C(=C\C)C(=O)Nc1nc2ccccc2s1. The van der Waals surface area contributed by atoms with Crippen molar-refractivity contribution in [3.05, 3.63) is 77.8 Å². The van der Waals surface area contributed by atoms with Crippen molar-refractivity contribution >= 4 is 38.4 Å². The predicted octanol–water partition coefficient (Wildman–Crippen LogP) is 8.33. The first kappa shape index (κ1) is 29.3. The molecular weight excluding hydrogens is 552 g/mol. The van der Waals surface area contributed by atoms with E-state index in [1.807, 2.05) is 50.4 Å². The van der Waals surface area contributed by atoms with Crippen molar-refractivity contribution in [3.63, 3.8) is 0 Å². The van der Waals surface area contributed by atoms with Crippen molar-refractivity contribution in [3.8, 4) is 11.1 Å². The van der Waals surface area contributed by atoms with Crippen molar-refractivity contribution in [2.45, 2.75) is 72.8 Å². The minimum absolute atomic E-state index is 0.217. The summed E-state index contributed by atoms with van der Waals surface area (Å²) >= 11 is 1.46. The number of aryl methyl sites for hydroxylation is 1. The van der Waals surface area contributed by atoms with Gasteiger partial charge in [0.15, 0.2) is 5.13 Å². The normalized spacial score (nSPS) is 21.7. The zero-order chi connectivity index (χ0) is 30.1. The number of hydrogen-bond donors (Lipinski definition) is 2. The number of pyridine rings is 1. The van der Waals surface area contributed by atoms with Gasteiger partial charge in [0.2, 0.25) is 0 Å². The number of fused-ring (bicyclic) bond motifs is 3. The summed E-state index contributed by atoms with van der Waals surface area (Å²) in [6, 6.07) is 12.0. The minimum Gasteiger partial charge on any atom is -0.366 e. The Balaban J connectivity index is 1.09. The first-order valence-corrected chi connectivity index (χ1v) is 16.3. The maximum atomic E-state index is 13.0. The number of rotatable bonds is 10. The molecule has 224 valence electrons. The maximum absolute atomic E-state index is 13.0. The van der Waals surface area contributed by atoms with Gasteiger partial charge in [0.1, 0.15) is 5.82 Å². The first-order valence-electron chi connectivity index (χ1n) is 15.5. The fourth-order valence-electron chi connectivity index (χ4n) is 7.40. The van der Waals surface area contributed by atoms with Crippen LogP contribution in [-0.2, 0) is 11.3 Å². The van der Waals surface area contributed by atoms with E-state index in [1.54, 1.807) is 6.08 Å². The van der Waals surface area contributed by atoms with Gasteiger partial charge in [0.05, 0.1) is 16.4 Å². The van der Waals surface area contributed by atoms with Gasteiger partial charge in [-0.15, -0.1) is 0 Å². The molecule has 1 amide bonds. The number of hydrogen-bond acceptors (Lipinski definition) is 6. The minimum atomic E-state index is -0.217. The molecule has 2 fully saturated rings. The van der Waals surface area contributed by atoms with Crippen LogP contribution in [0.4, 0.5) is 10.9 Å². The molecule has 1 aromatic carbocycles. The number of carbonyl (C=O) groups is 1. The van der Waals surface area contributed by atoms with Gasteiger partial charge in [-0.25, -0.2) is 9.97 Å². The molecule has 0 radical (unpaired) electrons. The lowest BCUT2D eigenvalue weighted by Gasteiger charge is -2.40. The van der Waals surface area contributed by atoms with Crippen LogP contribution in [-0.4, -0.2) is 32.2 Å². The number of anilines is 2. The van der Waals surface area contributed by atoms with Crippen LogP contribution in [0.1, 0.15) is 63.8 Å². The van der Waals surface area contributed by atoms with Crippen LogP contribution < -0.4 is 10.6 Å². The van der Waals surface area contributed by atoms with Gasteiger partial charge in [-0.3, -0.25) is 14.8 Å². The molecule has 2 atom stereocenters. The van der Waals surface area contributed by atoms with Gasteiger partial charge in [-0.05, 0) is 93.5 Å². The Labute approximate surface area is 258 Å². The van der Waals surface area contributed by atoms with Crippen molar-refractivity contribution in [2.75, 3.05) is 17.2 Å². The van der Waals surface area contributed by atoms with E-state index in [9.17, 15) is 4.79 Å². The van der Waals surface area contributed by atoms with Gasteiger partial charge >= 0.3 is 0 Å². The summed E-state index contributed by atoms with van der Waals surface area (Å²) < 4.78 is 3.28. The summed E-state index contributed by atoms with van der Waals surface area (Å²) in [4.78, 5) is 22.4. The highest BCUT2D eigenvalue weighted by Gasteiger charge is 2.43. The number of para-hydroxylation sites is 1. The molecule has 2 bridgehead atoms. The Hall–Kier alpha value is -3.78. The third kappa shape index (κ3) is 6.03. The molecule has 2 aliphatic carbocycles. The first-order chi connectivity index (χ1) is 20.8. The predicted molar refractivity (Wildman–Crippen MR) is 177 cm³/mol. The fraction of sp³-hybridized carbons (Fsp3) is 0.429. The topological polar surface area (TPSA) is 84.7 Å². The lowest BCUT2D eigenvalue weighted by Crippen LogP contribution is -2.34. The Kier molecular flexibility index (Phi) is 8.23. The molecule has 8 heteroatoms. The number of aromatic nitrogens is 4. The Morgan fingerprint density at radius 1 is 1.12 bits per heavy atom. The highest BCUT2D eigenvalue weighted by Crippen LogP contribution is 2.53. The molecule has 4 aromatic rings. The molecular formula is C35H42N6OS. The van der Waals surface area contributed by atoms with Gasteiger partial charge in [0.25, 0.3) is 5.91 Å². The van der Waals surface area contributed by atoms with E-state index >= 15 is 0 Å². The highest BCUT2D eigenvalue weighted by molar-refractivity contribution is 7.22. The zero-order valence-corrected chi connectivity index (χ0v) is 26.6. The van der Waals surface area contributed by atoms with Crippen LogP contribution >= 0.6 is 11.3 Å². The standard InChI is InChI=1S/C35H42N6OS/c1-6-27(33(42)40-34-39-30-10-8-9-11-31(30)43-34)22(3)19-36-32-15-14-28(23(4)38-32)29-20-37-41(24(29)5)21-35(7-2)17-25-12-13-26(16-25)18-35/h6,8-11,14-15,20,25-26H,3,7,12-13,16-19,21H2,1-2,4-5H3,(H,36,38)(H,39,40,42)/b27-6+. The molecule has 7 nitrogen and oxygen atoms in total. The van der Waals surface area contributed by atoms with Crippen LogP contribution in [0.25, 0.3) is 21.3 Å². The van der Waals surface area contributed by atoms with E-state index in [2.05, 4.69) is 46.8 Å². The Morgan fingerprint density at radius 3 is 2.58 bits per heavy atom. The molecule has 0 aliphatic heterocycles. The van der Waals surface area contributed by atoms with Gasteiger partial charge < -0.3 is 5.32 Å². The fourth-order valence-corrected chi connectivity index (χ4v) is 8.26. The molecule has 0 spiro atoms. The summed E-state index contributed by atoms with van der Waals surface area (Å²) in [5.74, 6) is 2.35. The van der Waals surface area contributed by atoms with Gasteiger partial charge in [0, 0.05) is 41.2 Å². The Bertz CT molecular complexity index is 1650. The van der Waals surface area contributed by atoms with Crippen LogP contribution in [0.15, 0.2) is 66.4 Å². The summed E-state index contributed by atoms with van der Waals surface area (Å²) in [7, 11) is 0. The molecule has 2 unspecified atom stereocenters. The van der Waals surface area contributed by atoms with Crippen LogP contribution in [0.2, 0.25) is 0 Å². The monoisotopic (exact) mass is 594 g/mol.